The second-order valence-electron chi connectivity index (χ2n) is 9.54. The molecule has 33 heavy (non-hydrogen) atoms. The first-order valence-corrected chi connectivity index (χ1v) is 13.9. The number of unbranched alkanes of at least 4 members (excludes halogenated alkanes) is 9. The molecule has 1 aliphatic carbocycles. The quantitative estimate of drug-likeness (QED) is 0.184. The Morgan fingerprint density at radius 2 is 1.45 bits per heavy atom. The molecule has 2 rings (SSSR count). The molecule has 0 radical (unpaired) electrons. The molecule has 3 nitrogen and oxygen atoms in total. The molecule has 0 spiro atoms. The first-order valence-electron chi connectivity index (χ1n) is 13.9. The standard InChI is InChI=1S/C30H48O3/c1-3-5-6-7-8-9-10-11-15-18-21-29(30(31)32-4-2)33-28-24-22-27(23-25-28)26-19-16-13-12-14-17-20-26/h19,22-25,29H,3-18,20-21H2,1-2H3/b26-19+. The van der Waals surface area contributed by atoms with Crippen molar-refractivity contribution in [1.82, 2.24) is 0 Å². The van der Waals surface area contributed by atoms with Crippen molar-refractivity contribution in [2.24, 2.45) is 0 Å². The molecule has 1 aromatic carbocycles. The van der Waals surface area contributed by atoms with Crippen LogP contribution in [0, 0.1) is 0 Å². The van der Waals surface area contributed by atoms with Crippen LogP contribution in [0.5, 0.6) is 5.75 Å². The number of hydrogen-bond acceptors (Lipinski definition) is 3. The van der Waals surface area contributed by atoms with E-state index in [1.165, 1.54) is 94.6 Å². The molecule has 1 unspecified atom stereocenters. The lowest BCUT2D eigenvalue weighted by molar-refractivity contribution is -0.151. The van der Waals surface area contributed by atoms with Gasteiger partial charge in [-0.3, -0.25) is 0 Å². The van der Waals surface area contributed by atoms with Gasteiger partial charge >= 0.3 is 5.97 Å². The molecule has 0 aromatic heterocycles. The molecule has 1 aromatic rings. The van der Waals surface area contributed by atoms with Crippen LogP contribution in [0.3, 0.4) is 0 Å². The molecule has 0 saturated heterocycles. The smallest absolute Gasteiger partial charge is 0.347 e. The summed E-state index contributed by atoms with van der Waals surface area (Å²) in [5.74, 6) is 0.524. The molecule has 0 amide bonds. The van der Waals surface area contributed by atoms with Crippen LogP contribution in [0.2, 0.25) is 0 Å². The highest BCUT2D eigenvalue weighted by molar-refractivity contribution is 5.75. The number of allylic oxidation sites excluding steroid dienone is 2. The van der Waals surface area contributed by atoms with E-state index in [2.05, 4.69) is 25.1 Å². The van der Waals surface area contributed by atoms with Gasteiger partial charge in [0.1, 0.15) is 5.75 Å². The van der Waals surface area contributed by atoms with E-state index >= 15 is 0 Å². The number of esters is 1. The van der Waals surface area contributed by atoms with Gasteiger partial charge in [-0.25, -0.2) is 4.79 Å². The van der Waals surface area contributed by atoms with Crippen LogP contribution in [0.4, 0.5) is 0 Å². The van der Waals surface area contributed by atoms with Crippen molar-refractivity contribution < 1.29 is 14.3 Å². The van der Waals surface area contributed by atoms with Gasteiger partial charge in [0, 0.05) is 0 Å². The molecule has 0 heterocycles. The van der Waals surface area contributed by atoms with Gasteiger partial charge in [-0.1, -0.05) is 95.8 Å². The van der Waals surface area contributed by atoms with Crippen molar-refractivity contribution in [3.05, 3.63) is 35.9 Å². The Labute approximate surface area is 203 Å². The number of carbonyl (C=O) groups excluding carboxylic acids is 1. The maximum absolute atomic E-state index is 12.5. The lowest BCUT2D eigenvalue weighted by atomic mass is 9.95. The molecule has 0 fully saturated rings. The van der Waals surface area contributed by atoms with E-state index in [0.717, 1.165) is 31.4 Å². The maximum atomic E-state index is 12.5. The van der Waals surface area contributed by atoms with Gasteiger partial charge in [0.15, 0.2) is 6.10 Å². The molecule has 0 N–H and O–H groups in total. The van der Waals surface area contributed by atoms with Crippen LogP contribution < -0.4 is 4.74 Å². The Kier molecular flexibility index (Phi) is 14.7. The summed E-state index contributed by atoms with van der Waals surface area (Å²) in [4.78, 5) is 12.5. The molecule has 3 heteroatoms. The van der Waals surface area contributed by atoms with E-state index in [9.17, 15) is 4.79 Å². The lowest BCUT2D eigenvalue weighted by Gasteiger charge is -2.18. The average Bonchev–Trinajstić information content (AvgIpc) is 2.80. The van der Waals surface area contributed by atoms with E-state index in [1.807, 2.05) is 19.1 Å². The van der Waals surface area contributed by atoms with E-state index < -0.39 is 6.10 Å². The second kappa shape index (κ2) is 17.7. The third-order valence-electron chi connectivity index (χ3n) is 6.66. The van der Waals surface area contributed by atoms with Gasteiger partial charge in [0.25, 0.3) is 0 Å². The predicted molar refractivity (Wildman–Crippen MR) is 140 cm³/mol. The van der Waals surface area contributed by atoms with Crippen LogP contribution in [0.25, 0.3) is 5.57 Å². The van der Waals surface area contributed by atoms with Crippen molar-refractivity contribution in [2.75, 3.05) is 6.61 Å². The van der Waals surface area contributed by atoms with Crippen LogP contribution in [-0.4, -0.2) is 18.7 Å². The van der Waals surface area contributed by atoms with Crippen molar-refractivity contribution in [3.8, 4) is 5.75 Å². The predicted octanol–water partition coefficient (Wildman–Crippen LogP) is 9.05. The van der Waals surface area contributed by atoms with Gasteiger partial charge in [-0.05, 0) is 68.7 Å². The highest BCUT2D eigenvalue weighted by Crippen LogP contribution is 2.27. The number of hydrogen-bond donors (Lipinski definition) is 0. The minimum atomic E-state index is -0.509. The topological polar surface area (TPSA) is 35.5 Å². The highest BCUT2D eigenvalue weighted by atomic mass is 16.6. The summed E-state index contributed by atoms with van der Waals surface area (Å²) in [7, 11) is 0. The summed E-state index contributed by atoms with van der Waals surface area (Å²) >= 11 is 0. The lowest BCUT2D eigenvalue weighted by Crippen LogP contribution is -2.29. The summed E-state index contributed by atoms with van der Waals surface area (Å²) in [5, 5.41) is 0. The molecular weight excluding hydrogens is 408 g/mol. The number of benzene rings is 1. The molecule has 186 valence electrons. The minimum Gasteiger partial charge on any atom is -0.479 e. The van der Waals surface area contributed by atoms with Gasteiger partial charge in [-0.15, -0.1) is 0 Å². The normalized spacial score (nSPS) is 16.8. The molecule has 0 saturated carbocycles. The Hall–Kier alpha value is -1.77. The Bertz CT molecular complexity index is 662. The third-order valence-corrected chi connectivity index (χ3v) is 6.66. The first-order chi connectivity index (χ1) is 16.2. The number of rotatable bonds is 16. The van der Waals surface area contributed by atoms with Crippen molar-refractivity contribution in [1.29, 1.82) is 0 Å². The van der Waals surface area contributed by atoms with E-state index in [1.54, 1.807) is 0 Å². The van der Waals surface area contributed by atoms with Crippen molar-refractivity contribution in [3.63, 3.8) is 0 Å². The summed E-state index contributed by atoms with van der Waals surface area (Å²) in [6.45, 7) is 4.51. The van der Waals surface area contributed by atoms with Crippen molar-refractivity contribution >= 4 is 11.5 Å². The Morgan fingerprint density at radius 1 is 0.818 bits per heavy atom. The molecule has 1 aliphatic rings. The van der Waals surface area contributed by atoms with Gasteiger partial charge in [0.2, 0.25) is 0 Å². The van der Waals surface area contributed by atoms with Crippen LogP contribution in [-0.2, 0) is 9.53 Å². The first kappa shape index (κ1) is 27.5. The molecule has 0 aliphatic heterocycles. The molecule has 1 atom stereocenters. The molecular formula is C30H48O3. The third kappa shape index (κ3) is 11.8. The number of ether oxygens (including phenoxy) is 2. The zero-order valence-electron chi connectivity index (χ0n) is 21.4. The summed E-state index contributed by atoms with van der Waals surface area (Å²) < 4.78 is 11.4. The second-order valence-corrected chi connectivity index (χ2v) is 9.54. The van der Waals surface area contributed by atoms with Gasteiger partial charge in [0.05, 0.1) is 6.61 Å². The SMILES string of the molecule is CCCCCCCCCCCCC(Oc1ccc(/C2=C/CCCCCC2)cc1)C(=O)OCC. The fourth-order valence-corrected chi connectivity index (χ4v) is 4.64. The van der Waals surface area contributed by atoms with Gasteiger partial charge < -0.3 is 9.47 Å². The van der Waals surface area contributed by atoms with E-state index in [0.29, 0.717) is 6.61 Å². The Morgan fingerprint density at radius 3 is 2.12 bits per heavy atom. The summed E-state index contributed by atoms with van der Waals surface area (Å²) in [6.07, 6.45) is 23.1. The Balaban J connectivity index is 1.77. The fraction of sp³-hybridized carbons (Fsp3) is 0.700. The van der Waals surface area contributed by atoms with E-state index in [4.69, 9.17) is 9.47 Å². The summed E-state index contributed by atoms with van der Waals surface area (Å²) in [6, 6.07) is 8.32. The van der Waals surface area contributed by atoms with Gasteiger partial charge in [-0.2, -0.15) is 0 Å². The summed E-state index contributed by atoms with van der Waals surface area (Å²) in [5.41, 5.74) is 2.74. The zero-order chi connectivity index (χ0) is 23.6. The monoisotopic (exact) mass is 456 g/mol. The zero-order valence-corrected chi connectivity index (χ0v) is 21.4. The maximum Gasteiger partial charge on any atom is 0.347 e. The van der Waals surface area contributed by atoms with Crippen molar-refractivity contribution in [2.45, 2.75) is 129 Å². The molecule has 0 bridgehead atoms. The van der Waals surface area contributed by atoms with E-state index in [-0.39, 0.29) is 5.97 Å². The van der Waals surface area contributed by atoms with Crippen LogP contribution >= 0.6 is 0 Å². The fourth-order valence-electron chi connectivity index (χ4n) is 4.64. The van der Waals surface area contributed by atoms with Crippen LogP contribution in [0.15, 0.2) is 30.3 Å². The highest BCUT2D eigenvalue weighted by Gasteiger charge is 2.21. The minimum absolute atomic E-state index is 0.236. The average molecular weight is 457 g/mol. The number of carbonyl (C=O) groups is 1. The largest absolute Gasteiger partial charge is 0.479 e. The van der Waals surface area contributed by atoms with Crippen LogP contribution in [0.1, 0.15) is 129 Å².